The zero-order chi connectivity index (χ0) is 22.8. The van der Waals surface area contributed by atoms with Gasteiger partial charge in [0.15, 0.2) is 0 Å². The van der Waals surface area contributed by atoms with E-state index >= 15 is 0 Å². The molecule has 0 bridgehead atoms. The van der Waals surface area contributed by atoms with Crippen LogP contribution in [0.4, 0.5) is 0 Å². The summed E-state index contributed by atoms with van der Waals surface area (Å²) in [4.78, 5) is 17.0. The predicted molar refractivity (Wildman–Crippen MR) is 117 cm³/mol. The molecule has 0 saturated heterocycles. The predicted octanol–water partition coefficient (Wildman–Crippen LogP) is 2.82. The van der Waals surface area contributed by atoms with E-state index in [2.05, 4.69) is 4.98 Å². The van der Waals surface area contributed by atoms with Crippen molar-refractivity contribution in [1.29, 1.82) is 0 Å². The van der Waals surface area contributed by atoms with Gasteiger partial charge < -0.3 is 14.0 Å². The molecule has 0 fully saturated rings. The van der Waals surface area contributed by atoms with Gasteiger partial charge in [-0.1, -0.05) is 11.6 Å². The van der Waals surface area contributed by atoms with E-state index in [0.29, 0.717) is 23.5 Å². The number of fused-ring (bicyclic) bond motifs is 1. The van der Waals surface area contributed by atoms with E-state index in [1.807, 2.05) is 36.7 Å². The number of hydrogen-bond donors (Lipinski definition) is 0. The minimum absolute atomic E-state index is 0.137. The van der Waals surface area contributed by atoms with Crippen LogP contribution in [0.3, 0.4) is 0 Å². The average molecular weight is 446 g/mol. The number of aryl methyl sites for hydroxylation is 3. The average Bonchev–Trinajstić information content (AvgIpc) is 3.05. The summed E-state index contributed by atoms with van der Waals surface area (Å²) in [5.41, 5.74) is 3.24. The highest BCUT2D eigenvalue weighted by molar-refractivity contribution is 7.89. The van der Waals surface area contributed by atoms with Crippen molar-refractivity contribution in [3.8, 4) is 5.75 Å². The van der Waals surface area contributed by atoms with E-state index in [9.17, 15) is 13.2 Å². The van der Waals surface area contributed by atoms with Crippen LogP contribution in [-0.4, -0.2) is 49.4 Å². The van der Waals surface area contributed by atoms with Gasteiger partial charge >= 0.3 is 5.97 Å². The molecule has 31 heavy (non-hydrogen) atoms. The highest BCUT2D eigenvalue weighted by atomic mass is 32.2. The first-order chi connectivity index (χ1) is 14.6. The van der Waals surface area contributed by atoms with Gasteiger partial charge in [-0.15, -0.1) is 0 Å². The third-order valence-electron chi connectivity index (χ3n) is 5.10. The van der Waals surface area contributed by atoms with E-state index in [1.54, 1.807) is 25.3 Å². The van der Waals surface area contributed by atoms with Gasteiger partial charge in [0.25, 0.3) is 0 Å². The molecule has 0 saturated carbocycles. The highest BCUT2D eigenvalue weighted by Gasteiger charge is 2.19. The summed E-state index contributed by atoms with van der Waals surface area (Å²) in [5, 5.41) is 0. The molecular formula is C22H27N3O5S. The molecule has 0 atom stereocenters. The summed E-state index contributed by atoms with van der Waals surface area (Å²) in [7, 11) is 2.86. The number of methoxy groups -OCH3 is 1. The summed E-state index contributed by atoms with van der Waals surface area (Å²) in [6, 6.07) is 10.6. The zero-order valence-corrected chi connectivity index (χ0v) is 19.2. The number of imidazole rings is 1. The normalized spacial score (nSPS) is 11.8. The Hall–Kier alpha value is -2.91. The largest absolute Gasteiger partial charge is 0.496 e. The molecule has 8 nitrogen and oxygen atoms in total. The van der Waals surface area contributed by atoms with Crippen LogP contribution in [0.5, 0.6) is 5.75 Å². The number of carbonyl (C=O) groups excluding carboxylic acids is 1. The lowest BCUT2D eigenvalue weighted by Gasteiger charge is -2.11. The van der Waals surface area contributed by atoms with Crippen molar-refractivity contribution < 1.29 is 22.7 Å². The molecular weight excluding hydrogens is 418 g/mol. The fourth-order valence-corrected chi connectivity index (χ4v) is 4.21. The minimum atomic E-state index is -3.54. The lowest BCUT2D eigenvalue weighted by molar-refractivity contribution is -0.145. The maximum atomic E-state index is 12.4. The second-order valence-electron chi connectivity index (χ2n) is 7.50. The molecule has 0 N–H and O–H groups in total. The minimum Gasteiger partial charge on any atom is -0.496 e. The van der Waals surface area contributed by atoms with Crippen molar-refractivity contribution in [3.63, 3.8) is 0 Å². The lowest BCUT2D eigenvalue weighted by Crippen LogP contribution is -2.22. The number of nitrogens with zero attached hydrogens (tertiary/aromatic N) is 3. The van der Waals surface area contributed by atoms with Crippen LogP contribution in [0.15, 0.2) is 41.3 Å². The number of aromatic nitrogens is 2. The van der Waals surface area contributed by atoms with Crippen LogP contribution < -0.4 is 4.74 Å². The molecule has 0 radical (unpaired) electrons. The van der Waals surface area contributed by atoms with Crippen molar-refractivity contribution >= 4 is 27.0 Å². The van der Waals surface area contributed by atoms with E-state index in [-0.39, 0.29) is 23.9 Å². The Labute approximate surface area is 182 Å². The van der Waals surface area contributed by atoms with Crippen molar-refractivity contribution in [2.45, 2.75) is 31.3 Å². The smallest absolute Gasteiger partial charge is 0.306 e. The number of carbonyl (C=O) groups is 1. The van der Waals surface area contributed by atoms with Gasteiger partial charge in [-0.25, -0.2) is 17.7 Å². The Morgan fingerprint density at radius 1 is 1.16 bits per heavy atom. The number of ether oxygens (including phenoxy) is 2. The third kappa shape index (κ3) is 4.88. The molecule has 0 unspecified atom stereocenters. The Morgan fingerprint density at radius 2 is 1.90 bits per heavy atom. The van der Waals surface area contributed by atoms with Crippen LogP contribution in [0.1, 0.15) is 23.4 Å². The fourth-order valence-electron chi connectivity index (χ4n) is 3.29. The second kappa shape index (κ2) is 9.07. The quantitative estimate of drug-likeness (QED) is 0.495. The van der Waals surface area contributed by atoms with E-state index in [0.717, 1.165) is 20.9 Å². The van der Waals surface area contributed by atoms with Crippen molar-refractivity contribution in [1.82, 2.24) is 13.9 Å². The van der Waals surface area contributed by atoms with Crippen LogP contribution in [-0.2, 0) is 39.6 Å². The van der Waals surface area contributed by atoms with Gasteiger partial charge in [0.2, 0.25) is 10.0 Å². The molecule has 1 aromatic heterocycles. The van der Waals surface area contributed by atoms with Gasteiger partial charge in [-0.3, -0.25) is 4.79 Å². The summed E-state index contributed by atoms with van der Waals surface area (Å²) in [5.74, 6) is 1.02. The molecule has 2 aromatic carbocycles. The Kier molecular flexibility index (Phi) is 6.66. The second-order valence-corrected chi connectivity index (χ2v) is 9.65. The molecule has 3 rings (SSSR count). The first-order valence-corrected chi connectivity index (χ1v) is 11.2. The number of benzene rings is 2. The van der Waals surface area contributed by atoms with E-state index in [1.165, 1.54) is 14.1 Å². The standard InChI is InChI=1S/C22H27N3O5S/c1-15-6-9-20(29-5)16(12-15)14-30-22(26)11-10-21-23-18-13-17(31(27,28)24(2)3)7-8-19(18)25(21)4/h6-9,12-13H,10-11,14H2,1-5H3. The summed E-state index contributed by atoms with van der Waals surface area (Å²) in [6.07, 6.45) is 0.541. The molecule has 0 amide bonds. The SMILES string of the molecule is COc1ccc(C)cc1COC(=O)CCc1nc2cc(S(=O)(=O)N(C)C)ccc2n1C. The third-order valence-corrected chi connectivity index (χ3v) is 6.91. The first-order valence-electron chi connectivity index (χ1n) is 9.80. The topological polar surface area (TPSA) is 90.7 Å². The summed E-state index contributed by atoms with van der Waals surface area (Å²) in [6.45, 7) is 2.10. The molecule has 3 aromatic rings. The van der Waals surface area contributed by atoms with Crippen molar-refractivity contribution in [2.75, 3.05) is 21.2 Å². The van der Waals surface area contributed by atoms with Crippen molar-refractivity contribution in [2.24, 2.45) is 7.05 Å². The van der Waals surface area contributed by atoms with Crippen LogP contribution in [0, 0.1) is 6.92 Å². The van der Waals surface area contributed by atoms with Crippen LogP contribution in [0.2, 0.25) is 0 Å². The van der Waals surface area contributed by atoms with Gasteiger partial charge in [0, 0.05) is 33.1 Å². The van der Waals surface area contributed by atoms with E-state index < -0.39 is 10.0 Å². The van der Waals surface area contributed by atoms with Gasteiger partial charge in [0.05, 0.1) is 29.5 Å². The van der Waals surface area contributed by atoms with Gasteiger partial charge in [-0.05, 0) is 37.3 Å². The number of esters is 1. The number of hydrogen-bond acceptors (Lipinski definition) is 6. The maximum Gasteiger partial charge on any atom is 0.306 e. The van der Waals surface area contributed by atoms with Gasteiger partial charge in [-0.2, -0.15) is 0 Å². The number of sulfonamides is 1. The molecule has 1 heterocycles. The first kappa shape index (κ1) is 22.8. The molecule has 0 spiro atoms. The Morgan fingerprint density at radius 3 is 2.58 bits per heavy atom. The van der Waals surface area contributed by atoms with Crippen LogP contribution >= 0.6 is 0 Å². The number of rotatable bonds is 8. The Bertz CT molecular complexity index is 1220. The van der Waals surface area contributed by atoms with Crippen molar-refractivity contribution in [3.05, 3.63) is 53.3 Å². The Balaban J connectivity index is 1.69. The maximum absolute atomic E-state index is 12.4. The molecule has 0 aliphatic rings. The summed E-state index contributed by atoms with van der Waals surface area (Å²) >= 11 is 0. The monoisotopic (exact) mass is 445 g/mol. The molecule has 0 aliphatic carbocycles. The summed E-state index contributed by atoms with van der Waals surface area (Å²) < 4.78 is 38.5. The van der Waals surface area contributed by atoms with Crippen LogP contribution in [0.25, 0.3) is 11.0 Å². The fraction of sp³-hybridized carbons (Fsp3) is 0.364. The molecule has 9 heteroatoms. The van der Waals surface area contributed by atoms with E-state index in [4.69, 9.17) is 9.47 Å². The zero-order valence-electron chi connectivity index (χ0n) is 18.4. The molecule has 0 aliphatic heterocycles. The molecule has 166 valence electrons. The lowest BCUT2D eigenvalue weighted by atomic mass is 10.1. The van der Waals surface area contributed by atoms with Gasteiger partial charge in [0.1, 0.15) is 18.2 Å². The highest BCUT2D eigenvalue weighted by Crippen LogP contribution is 2.23.